The highest BCUT2D eigenvalue weighted by atomic mass is 16.5. The number of hydrogen-bond donors (Lipinski definition) is 2. The van der Waals surface area contributed by atoms with E-state index in [4.69, 9.17) is 4.74 Å². The lowest BCUT2D eigenvalue weighted by Crippen LogP contribution is -2.31. The molecule has 1 aromatic carbocycles. The van der Waals surface area contributed by atoms with Crippen LogP contribution in [0.2, 0.25) is 0 Å². The summed E-state index contributed by atoms with van der Waals surface area (Å²) in [5, 5.41) is 12.7. The second-order valence-electron chi connectivity index (χ2n) is 4.63. The Kier molecular flexibility index (Phi) is 4.20. The van der Waals surface area contributed by atoms with Gasteiger partial charge in [0, 0.05) is 0 Å². The van der Waals surface area contributed by atoms with Crippen molar-refractivity contribution in [3.63, 3.8) is 0 Å². The molecule has 2 N–H and O–H groups in total. The van der Waals surface area contributed by atoms with Crippen molar-refractivity contribution in [2.45, 2.75) is 25.8 Å². The van der Waals surface area contributed by atoms with Crippen LogP contribution in [-0.2, 0) is 9.53 Å². The molecule has 1 aromatic rings. The highest BCUT2D eigenvalue weighted by Gasteiger charge is 2.26. The number of hydrogen-bond acceptors (Lipinski definition) is 4. The van der Waals surface area contributed by atoms with Gasteiger partial charge in [-0.15, -0.1) is 0 Å². The Morgan fingerprint density at radius 3 is 2.94 bits per heavy atom. The van der Waals surface area contributed by atoms with Crippen molar-refractivity contribution in [1.82, 2.24) is 5.32 Å². The predicted molar refractivity (Wildman–Crippen MR) is 68.2 cm³/mol. The van der Waals surface area contributed by atoms with Gasteiger partial charge in [-0.25, -0.2) is 4.79 Å². The maximum Gasteiger partial charge on any atom is 0.327 e. The van der Waals surface area contributed by atoms with E-state index in [1.165, 1.54) is 12.8 Å². The summed E-state index contributed by atoms with van der Waals surface area (Å²) in [5.74, 6) is 0.554. The lowest BCUT2D eigenvalue weighted by molar-refractivity contribution is -0.145. The molecule has 98 valence electrons. The highest BCUT2D eigenvalue weighted by Crippen LogP contribution is 2.29. The van der Waals surface area contributed by atoms with Gasteiger partial charge in [0.15, 0.2) is 0 Å². The van der Waals surface area contributed by atoms with Crippen molar-refractivity contribution in [3.8, 4) is 5.75 Å². The summed E-state index contributed by atoms with van der Waals surface area (Å²) < 4.78 is 5.07. The van der Waals surface area contributed by atoms with Gasteiger partial charge in [0.1, 0.15) is 11.8 Å². The molecule has 18 heavy (non-hydrogen) atoms. The van der Waals surface area contributed by atoms with Gasteiger partial charge in [0.25, 0.3) is 0 Å². The number of carbonyl (C=O) groups excluding carboxylic acids is 1. The topological polar surface area (TPSA) is 58.6 Å². The van der Waals surface area contributed by atoms with Crippen LogP contribution in [0.3, 0.4) is 0 Å². The molecule has 0 saturated heterocycles. The Morgan fingerprint density at radius 2 is 2.33 bits per heavy atom. The molecule has 2 rings (SSSR count). The fourth-order valence-electron chi connectivity index (χ4n) is 1.87. The second-order valence-corrected chi connectivity index (χ2v) is 4.63. The molecular formula is C14H19NO3. The quantitative estimate of drug-likeness (QED) is 0.757. The molecule has 0 aromatic heterocycles. The van der Waals surface area contributed by atoms with Crippen molar-refractivity contribution in [3.05, 3.63) is 29.8 Å². The molecule has 1 saturated carbocycles. The minimum Gasteiger partial charge on any atom is -0.508 e. The van der Waals surface area contributed by atoms with Crippen LogP contribution in [0.5, 0.6) is 5.75 Å². The number of ether oxygens (including phenoxy) is 1. The van der Waals surface area contributed by atoms with Gasteiger partial charge in [0.05, 0.1) is 6.61 Å². The Labute approximate surface area is 107 Å². The fourth-order valence-corrected chi connectivity index (χ4v) is 1.87. The van der Waals surface area contributed by atoms with E-state index in [9.17, 15) is 9.90 Å². The minimum atomic E-state index is -0.488. The lowest BCUT2D eigenvalue weighted by Gasteiger charge is -2.17. The van der Waals surface area contributed by atoms with Gasteiger partial charge in [-0.3, -0.25) is 0 Å². The number of rotatable bonds is 6. The predicted octanol–water partition coefficient (Wildman–Crippen LogP) is 2.00. The lowest BCUT2D eigenvalue weighted by atomic mass is 10.1. The van der Waals surface area contributed by atoms with Gasteiger partial charge < -0.3 is 15.2 Å². The number of nitrogens with one attached hydrogen (secondary N) is 1. The Hall–Kier alpha value is -1.55. The van der Waals surface area contributed by atoms with E-state index in [0.29, 0.717) is 12.5 Å². The third kappa shape index (κ3) is 3.47. The molecular weight excluding hydrogens is 230 g/mol. The largest absolute Gasteiger partial charge is 0.508 e. The summed E-state index contributed by atoms with van der Waals surface area (Å²) in [4.78, 5) is 11.9. The first-order valence-corrected chi connectivity index (χ1v) is 6.39. The molecule has 0 spiro atoms. The van der Waals surface area contributed by atoms with Crippen LogP contribution in [0.15, 0.2) is 24.3 Å². The summed E-state index contributed by atoms with van der Waals surface area (Å²) in [7, 11) is 0. The molecule has 0 radical (unpaired) electrons. The van der Waals surface area contributed by atoms with Gasteiger partial charge in [-0.2, -0.15) is 0 Å². The maximum absolute atomic E-state index is 11.9. The number of aromatic hydroxyl groups is 1. The van der Waals surface area contributed by atoms with Crippen molar-refractivity contribution in [2.75, 3.05) is 13.2 Å². The molecule has 1 fully saturated rings. The van der Waals surface area contributed by atoms with Crippen LogP contribution in [0.25, 0.3) is 0 Å². The van der Waals surface area contributed by atoms with E-state index in [2.05, 4.69) is 5.32 Å². The molecule has 1 aliphatic rings. The zero-order valence-corrected chi connectivity index (χ0v) is 10.6. The molecule has 4 heteroatoms. The van der Waals surface area contributed by atoms with E-state index in [-0.39, 0.29) is 11.7 Å². The summed E-state index contributed by atoms with van der Waals surface area (Å²) in [6.45, 7) is 2.97. The van der Waals surface area contributed by atoms with E-state index in [1.807, 2.05) is 6.07 Å². The normalized spacial score (nSPS) is 16.3. The van der Waals surface area contributed by atoms with Crippen LogP contribution in [0, 0.1) is 5.92 Å². The first-order chi connectivity index (χ1) is 8.70. The second kappa shape index (κ2) is 5.87. The zero-order chi connectivity index (χ0) is 13.0. The SMILES string of the molecule is CCOC(=O)C(NCC1CC1)c1cccc(O)c1. The van der Waals surface area contributed by atoms with E-state index in [0.717, 1.165) is 12.1 Å². The summed E-state index contributed by atoms with van der Waals surface area (Å²) in [6, 6.07) is 6.25. The first kappa shape index (κ1) is 12.9. The molecule has 0 heterocycles. The Balaban J connectivity index is 2.08. The van der Waals surface area contributed by atoms with Crippen molar-refractivity contribution < 1.29 is 14.6 Å². The highest BCUT2D eigenvalue weighted by molar-refractivity contribution is 5.77. The standard InChI is InChI=1S/C14H19NO3/c1-2-18-14(17)13(15-9-10-6-7-10)11-4-3-5-12(16)8-11/h3-5,8,10,13,15-16H,2,6-7,9H2,1H3. The summed E-state index contributed by atoms with van der Waals surface area (Å²) >= 11 is 0. The summed E-state index contributed by atoms with van der Waals surface area (Å²) in [5.41, 5.74) is 0.745. The van der Waals surface area contributed by atoms with Crippen molar-refractivity contribution in [2.24, 2.45) is 5.92 Å². The smallest absolute Gasteiger partial charge is 0.327 e. The number of carbonyl (C=O) groups is 1. The van der Waals surface area contributed by atoms with Crippen LogP contribution in [-0.4, -0.2) is 24.2 Å². The van der Waals surface area contributed by atoms with E-state index >= 15 is 0 Å². The molecule has 0 bridgehead atoms. The van der Waals surface area contributed by atoms with Crippen LogP contribution < -0.4 is 5.32 Å². The third-order valence-electron chi connectivity index (χ3n) is 3.03. The van der Waals surface area contributed by atoms with Gasteiger partial charge >= 0.3 is 5.97 Å². The Morgan fingerprint density at radius 1 is 1.56 bits per heavy atom. The zero-order valence-electron chi connectivity index (χ0n) is 10.6. The number of phenols is 1. The average Bonchev–Trinajstić information content (AvgIpc) is 3.14. The third-order valence-corrected chi connectivity index (χ3v) is 3.03. The molecule has 4 nitrogen and oxygen atoms in total. The van der Waals surface area contributed by atoms with Crippen molar-refractivity contribution >= 4 is 5.97 Å². The number of phenolic OH excluding ortho intramolecular Hbond substituents is 1. The first-order valence-electron chi connectivity index (χ1n) is 6.39. The fraction of sp³-hybridized carbons (Fsp3) is 0.500. The monoisotopic (exact) mass is 249 g/mol. The number of esters is 1. The van der Waals surface area contributed by atoms with Gasteiger partial charge in [-0.05, 0) is 49.9 Å². The summed E-state index contributed by atoms with van der Waals surface area (Å²) in [6.07, 6.45) is 2.45. The van der Waals surface area contributed by atoms with Crippen LogP contribution >= 0.6 is 0 Å². The van der Waals surface area contributed by atoms with Gasteiger partial charge in [-0.1, -0.05) is 12.1 Å². The molecule has 0 aliphatic heterocycles. The molecule has 1 aliphatic carbocycles. The average molecular weight is 249 g/mol. The van der Waals surface area contributed by atoms with Crippen LogP contribution in [0.4, 0.5) is 0 Å². The van der Waals surface area contributed by atoms with E-state index in [1.54, 1.807) is 25.1 Å². The van der Waals surface area contributed by atoms with Crippen molar-refractivity contribution in [1.29, 1.82) is 0 Å². The van der Waals surface area contributed by atoms with Gasteiger partial charge in [0.2, 0.25) is 0 Å². The van der Waals surface area contributed by atoms with E-state index < -0.39 is 6.04 Å². The Bertz CT molecular complexity index is 415. The minimum absolute atomic E-state index is 0.162. The maximum atomic E-state index is 11.9. The number of benzene rings is 1. The van der Waals surface area contributed by atoms with Crippen LogP contribution in [0.1, 0.15) is 31.4 Å². The molecule has 1 unspecified atom stereocenters. The molecule has 0 amide bonds. The molecule has 1 atom stereocenters.